The van der Waals surface area contributed by atoms with Gasteiger partial charge in [-0.1, -0.05) is 0 Å². The molecule has 0 atom stereocenters. The van der Waals surface area contributed by atoms with Crippen LogP contribution in [-0.2, 0) is 6.18 Å². The fraction of sp³-hybridized carbons (Fsp3) is 0.167. The van der Waals surface area contributed by atoms with Gasteiger partial charge in [-0.3, -0.25) is 0 Å². The Labute approximate surface area is 74.2 Å². The van der Waals surface area contributed by atoms with Crippen LogP contribution in [0.3, 0.4) is 0 Å². The first-order chi connectivity index (χ1) is 6.50. The van der Waals surface area contributed by atoms with Crippen molar-refractivity contribution in [2.45, 2.75) is 6.18 Å². The molecule has 2 aromatic rings. The quantitative estimate of drug-likeness (QED) is 0.677. The number of nitrogens with zero attached hydrogens (tertiary/aromatic N) is 3. The molecular weight excluding hydrogens is 201 g/mol. The molecule has 0 unspecified atom stereocenters. The molecule has 0 aromatic carbocycles. The Kier molecular flexibility index (Phi) is 1.60. The second-order valence-corrected chi connectivity index (χ2v) is 2.50. The summed E-state index contributed by atoms with van der Waals surface area (Å²) >= 11 is 0. The molecule has 0 fully saturated rings. The smallest absolute Gasteiger partial charge is 0.314 e. The van der Waals surface area contributed by atoms with Crippen molar-refractivity contribution in [3.63, 3.8) is 0 Å². The predicted molar refractivity (Wildman–Crippen MR) is 38.6 cm³/mol. The SMILES string of the molecule is O=c1[nH]ccc2nnc(C(F)(F)F)n12. The van der Waals surface area contributed by atoms with Crippen molar-refractivity contribution >= 4 is 5.65 Å². The van der Waals surface area contributed by atoms with Crippen molar-refractivity contribution in [2.75, 3.05) is 0 Å². The van der Waals surface area contributed by atoms with Crippen molar-refractivity contribution in [2.24, 2.45) is 0 Å². The van der Waals surface area contributed by atoms with E-state index in [2.05, 4.69) is 15.2 Å². The van der Waals surface area contributed by atoms with Gasteiger partial charge in [0.2, 0.25) is 5.82 Å². The summed E-state index contributed by atoms with van der Waals surface area (Å²) in [5.41, 5.74) is -1.05. The molecule has 5 nitrogen and oxygen atoms in total. The predicted octanol–water partition coefficient (Wildman–Crippen LogP) is 0.436. The van der Waals surface area contributed by atoms with Crippen LogP contribution in [0.4, 0.5) is 13.2 Å². The Morgan fingerprint density at radius 1 is 1.36 bits per heavy atom. The Morgan fingerprint density at radius 2 is 2.07 bits per heavy atom. The second-order valence-electron chi connectivity index (χ2n) is 2.50. The van der Waals surface area contributed by atoms with E-state index in [0.29, 0.717) is 4.40 Å². The van der Waals surface area contributed by atoms with Crippen LogP contribution in [0.1, 0.15) is 5.82 Å². The summed E-state index contributed by atoms with van der Waals surface area (Å²) < 4.78 is 37.1. The first-order valence-electron chi connectivity index (χ1n) is 3.50. The van der Waals surface area contributed by atoms with Crippen LogP contribution in [0.25, 0.3) is 5.65 Å². The van der Waals surface area contributed by atoms with Gasteiger partial charge in [-0.2, -0.15) is 13.2 Å². The van der Waals surface area contributed by atoms with E-state index in [0.717, 1.165) is 0 Å². The van der Waals surface area contributed by atoms with Gasteiger partial charge in [-0.25, -0.2) is 9.20 Å². The summed E-state index contributed by atoms with van der Waals surface area (Å²) in [5.74, 6) is -1.32. The van der Waals surface area contributed by atoms with Gasteiger partial charge in [0.05, 0.1) is 0 Å². The van der Waals surface area contributed by atoms with E-state index in [4.69, 9.17) is 0 Å². The van der Waals surface area contributed by atoms with Crippen LogP contribution in [0.2, 0.25) is 0 Å². The first-order valence-corrected chi connectivity index (χ1v) is 3.50. The Morgan fingerprint density at radius 3 is 2.71 bits per heavy atom. The molecule has 0 amide bonds. The van der Waals surface area contributed by atoms with Gasteiger partial charge >= 0.3 is 11.9 Å². The van der Waals surface area contributed by atoms with Gasteiger partial charge < -0.3 is 4.98 Å². The highest BCUT2D eigenvalue weighted by molar-refractivity contribution is 5.35. The molecule has 0 aliphatic rings. The lowest BCUT2D eigenvalue weighted by Crippen LogP contribution is -2.22. The molecule has 0 saturated carbocycles. The van der Waals surface area contributed by atoms with Crippen LogP contribution >= 0.6 is 0 Å². The highest BCUT2D eigenvalue weighted by Gasteiger charge is 2.37. The van der Waals surface area contributed by atoms with Gasteiger partial charge in [0.1, 0.15) is 0 Å². The van der Waals surface area contributed by atoms with Crippen molar-refractivity contribution in [1.82, 2.24) is 19.6 Å². The molecule has 14 heavy (non-hydrogen) atoms. The first kappa shape index (κ1) is 8.73. The van der Waals surface area contributed by atoms with Gasteiger partial charge in [-0.15, -0.1) is 10.2 Å². The lowest BCUT2D eigenvalue weighted by Gasteiger charge is -2.01. The number of alkyl halides is 3. The van der Waals surface area contributed by atoms with E-state index < -0.39 is 17.7 Å². The van der Waals surface area contributed by atoms with E-state index in [-0.39, 0.29) is 5.65 Å². The van der Waals surface area contributed by atoms with E-state index in [1.165, 1.54) is 12.3 Å². The van der Waals surface area contributed by atoms with E-state index >= 15 is 0 Å². The van der Waals surface area contributed by atoms with Crippen LogP contribution in [0.5, 0.6) is 0 Å². The molecule has 0 saturated heterocycles. The van der Waals surface area contributed by atoms with Crippen molar-refractivity contribution in [3.8, 4) is 0 Å². The van der Waals surface area contributed by atoms with Gasteiger partial charge in [0, 0.05) is 6.20 Å². The maximum absolute atomic E-state index is 12.3. The molecule has 0 spiro atoms. The van der Waals surface area contributed by atoms with Crippen LogP contribution in [0, 0.1) is 0 Å². The minimum absolute atomic E-state index is 0.138. The molecular formula is C6H3F3N4O. The lowest BCUT2D eigenvalue weighted by molar-refractivity contribution is -0.145. The number of rotatable bonds is 0. The normalized spacial score (nSPS) is 12.2. The number of halogens is 3. The highest BCUT2D eigenvalue weighted by atomic mass is 19.4. The number of nitrogens with one attached hydrogen (secondary N) is 1. The summed E-state index contributed by atoms with van der Waals surface area (Å²) in [5, 5.41) is 6.11. The van der Waals surface area contributed by atoms with Crippen LogP contribution < -0.4 is 5.69 Å². The molecule has 1 N–H and O–H groups in total. The van der Waals surface area contributed by atoms with Crippen molar-refractivity contribution in [1.29, 1.82) is 0 Å². The fourth-order valence-electron chi connectivity index (χ4n) is 1.04. The number of H-pyrrole nitrogens is 1. The molecule has 8 heteroatoms. The molecule has 2 aromatic heterocycles. The minimum Gasteiger partial charge on any atom is -0.314 e. The van der Waals surface area contributed by atoms with E-state index in [1.807, 2.05) is 0 Å². The third-order valence-corrected chi connectivity index (χ3v) is 1.58. The number of hydrogen-bond acceptors (Lipinski definition) is 3. The Balaban J connectivity index is 2.87. The maximum Gasteiger partial charge on any atom is 0.452 e. The average molecular weight is 204 g/mol. The Hall–Kier alpha value is -1.86. The molecule has 0 radical (unpaired) electrons. The summed E-state index contributed by atoms with van der Waals surface area (Å²) in [7, 11) is 0. The van der Waals surface area contributed by atoms with Crippen LogP contribution in [0.15, 0.2) is 17.1 Å². The number of aromatic amines is 1. The maximum atomic E-state index is 12.3. The van der Waals surface area contributed by atoms with Gasteiger partial charge in [0.15, 0.2) is 5.65 Å². The highest BCUT2D eigenvalue weighted by Crippen LogP contribution is 2.26. The zero-order valence-electron chi connectivity index (χ0n) is 6.54. The largest absolute Gasteiger partial charge is 0.452 e. The van der Waals surface area contributed by atoms with Crippen molar-refractivity contribution < 1.29 is 13.2 Å². The minimum atomic E-state index is -4.69. The average Bonchev–Trinajstić information content (AvgIpc) is 2.47. The molecule has 0 aliphatic heterocycles. The second kappa shape index (κ2) is 2.56. The summed E-state index contributed by atoms with van der Waals surface area (Å²) in [6.45, 7) is 0. The van der Waals surface area contributed by atoms with Crippen LogP contribution in [-0.4, -0.2) is 19.6 Å². The summed E-state index contributed by atoms with van der Waals surface area (Å²) in [4.78, 5) is 13.1. The third kappa shape index (κ3) is 1.15. The zero-order valence-corrected chi connectivity index (χ0v) is 6.54. The standard InChI is InChI=1S/C6H3F3N4O/c7-6(8,9)4-12-11-3-1-2-10-5(14)13(3)4/h1-2H,(H,10,14). The summed E-state index contributed by atoms with van der Waals surface area (Å²) in [6.07, 6.45) is -3.49. The topological polar surface area (TPSA) is 63.0 Å². The fourth-order valence-corrected chi connectivity index (χ4v) is 1.04. The monoisotopic (exact) mass is 204 g/mol. The molecule has 0 bridgehead atoms. The molecule has 0 aliphatic carbocycles. The van der Waals surface area contributed by atoms with Crippen molar-refractivity contribution in [3.05, 3.63) is 28.6 Å². The van der Waals surface area contributed by atoms with E-state index in [9.17, 15) is 18.0 Å². The van der Waals surface area contributed by atoms with Gasteiger partial charge in [-0.05, 0) is 6.07 Å². The Bertz CT molecular complexity index is 526. The zero-order chi connectivity index (χ0) is 10.3. The molecule has 2 heterocycles. The number of hydrogen-bond donors (Lipinski definition) is 1. The number of fused-ring (bicyclic) bond motifs is 1. The molecule has 74 valence electrons. The molecule has 2 rings (SSSR count). The van der Waals surface area contributed by atoms with Gasteiger partial charge in [0.25, 0.3) is 0 Å². The number of aromatic nitrogens is 4. The van der Waals surface area contributed by atoms with E-state index in [1.54, 1.807) is 0 Å². The third-order valence-electron chi connectivity index (χ3n) is 1.58. The lowest BCUT2D eigenvalue weighted by atomic mass is 10.5. The summed E-state index contributed by atoms with van der Waals surface area (Å²) in [6, 6.07) is 1.23.